The van der Waals surface area contributed by atoms with Gasteiger partial charge in [0.2, 0.25) is 0 Å². The molecule has 3 aromatic carbocycles. The van der Waals surface area contributed by atoms with Crippen molar-refractivity contribution < 1.29 is 19.8 Å². The Labute approximate surface area is 199 Å². The largest absolute Gasteiger partial charge is 0.478 e. The van der Waals surface area contributed by atoms with Crippen molar-refractivity contribution in [2.75, 3.05) is 5.32 Å². The molecule has 1 aliphatic carbocycles. The van der Waals surface area contributed by atoms with E-state index in [1.807, 2.05) is 30.5 Å². The number of nitrogens with one attached hydrogen (secondary N) is 1. The second-order valence-corrected chi connectivity index (χ2v) is 8.56. The molecule has 0 amide bonds. The van der Waals surface area contributed by atoms with E-state index in [2.05, 4.69) is 27.4 Å². The first kappa shape index (κ1) is 20.8. The number of anilines is 2. The third kappa shape index (κ3) is 3.45. The van der Waals surface area contributed by atoms with Crippen molar-refractivity contribution in [3.63, 3.8) is 0 Å². The van der Waals surface area contributed by atoms with Crippen LogP contribution in [0.2, 0.25) is 0 Å². The molecular formula is C28H19N3O4. The molecule has 0 unspecified atom stereocenters. The third-order valence-corrected chi connectivity index (χ3v) is 6.46. The van der Waals surface area contributed by atoms with Gasteiger partial charge in [0.1, 0.15) is 0 Å². The molecule has 7 heteroatoms. The monoisotopic (exact) mass is 461 g/mol. The summed E-state index contributed by atoms with van der Waals surface area (Å²) in [6.07, 6.45) is 9.17. The third-order valence-electron chi connectivity index (χ3n) is 6.46. The van der Waals surface area contributed by atoms with Gasteiger partial charge >= 0.3 is 11.9 Å². The van der Waals surface area contributed by atoms with Crippen LogP contribution in [0, 0.1) is 0 Å². The molecule has 0 atom stereocenters. The van der Waals surface area contributed by atoms with Crippen molar-refractivity contribution in [3.8, 4) is 0 Å². The number of hydrogen-bond acceptors (Lipinski definition) is 5. The number of aromatic carboxylic acids is 2. The molecular weight excluding hydrogens is 442 g/mol. The van der Waals surface area contributed by atoms with Gasteiger partial charge in [-0.05, 0) is 53.6 Å². The molecule has 0 bridgehead atoms. The van der Waals surface area contributed by atoms with E-state index in [4.69, 9.17) is 0 Å². The highest BCUT2D eigenvalue weighted by atomic mass is 16.4. The fraction of sp³-hybridized carbons (Fsp3) is 0.0714. The first-order valence-electron chi connectivity index (χ1n) is 11.1. The standard InChI is InChI=1S/C28H19N3O4/c32-27(33)17-9-21-19-7-3-1-5-15(19)13-29-25(21)23(11-17)31-24-12-18(28(34)35)10-22-20-8-4-2-6-16(20)14-30-26(22)24/h1-5,7,9-14,31H,6,8H2,(H,32,33)(H,34,35). The molecule has 0 spiro atoms. The van der Waals surface area contributed by atoms with Crippen molar-refractivity contribution in [1.82, 2.24) is 9.97 Å². The van der Waals surface area contributed by atoms with Crippen LogP contribution in [0.15, 0.2) is 73.1 Å². The van der Waals surface area contributed by atoms with Crippen LogP contribution in [0.3, 0.4) is 0 Å². The van der Waals surface area contributed by atoms with Gasteiger partial charge in [-0.3, -0.25) is 9.97 Å². The number of hydrogen-bond donors (Lipinski definition) is 3. The van der Waals surface area contributed by atoms with Crippen LogP contribution in [-0.2, 0) is 12.8 Å². The SMILES string of the molecule is O=C(O)c1cc(Nc2cc(C(=O)O)cc3c2ncc2ccccc23)c2ncc3c(c2c1)CC=CC3. The molecule has 2 aromatic heterocycles. The molecule has 5 aromatic rings. The summed E-state index contributed by atoms with van der Waals surface area (Å²) in [6, 6.07) is 14.0. The van der Waals surface area contributed by atoms with Crippen molar-refractivity contribution in [3.05, 3.63) is 95.3 Å². The fourth-order valence-corrected chi connectivity index (χ4v) is 4.78. The Balaban J connectivity index is 1.62. The van der Waals surface area contributed by atoms with Gasteiger partial charge in [0.25, 0.3) is 0 Å². The van der Waals surface area contributed by atoms with E-state index in [1.54, 1.807) is 18.3 Å². The van der Waals surface area contributed by atoms with Gasteiger partial charge in [0.05, 0.1) is 33.5 Å². The van der Waals surface area contributed by atoms with Gasteiger partial charge in [-0.2, -0.15) is 0 Å². The Morgan fingerprint density at radius 2 is 1.37 bits per heavy atom. The van der Waals surface area contributed by atoms with Gasteiger partial charge in [-0.1, -0.05) is 36.4 Å². The summed E-state index contributed by atoms with van der Waals surface area (Å²) < 4.78 is 0. The molecule has 3 N–H and O–H groups in total. The van der Waals surface area contributed by atoms with Crippen LogP contribution in [0.1, 0.15) is 31.8 Å². The second-order valence-electron chi connectivity index (χ2n) is 8.56. The topological polar surface area (TPSA) is 112 Å². The zero-order valence-electron chi connectivity index (χ0n) is 18.4. The lowest BCUT2D eigenvalue weighted by Gasteiger charge is -2.18. The van der Waals surface area contributed by atoms with E-state index in [-0.39, 0.29) is 11.1 Å². The Morgan fingerprint density at radius 3 is 2.11 bits per heavy atom. The number of benzene rings is 3. The summed E-state index contributed by atoms with van der Waals surface area (Å²) >= 11 is 0. The Hall–Kier alpha value is -4.78. The first-order valence-corrected chi connectivity index (χ1v) is 11.1. The molecule has 170 valence electrons. The average Bonchev–Trinajstić information content (AvgIpc) is 2.88. The van der Waals surface area contributed by atoms with Crippen LogP contribution in [0.5, 0.6) is 0 Å². The van der Waals surface area contributed by atoms with Crippen LogP contribution < -0.4 is 5.32 Å². The van der Waals surface area contributed by atoms with Gasteiger partial charge in [0.15, 0.2) is 0 Å². The first-order chi connectivity index (χ1) is 17.0. The summed E-state index contributed by atoms with van der Waals surface area (Å²) in [4.78, 5) is 33.2. The van der Waals surface area contributed by atoms with Crippen LogP contribution in [-0.4, -0.2) is 32.1 Å². The lowest BCUT2D eigenvalue weighted by Crippen LogP contribution is -2.06. The number of carboxylic acid groups (broad SMARTS) is 2. The number of fused-ring (bicyclic) bond motifs is 6. The summed E-state index contributed by atoms with van der Waals surface area (Å²) in [6.45, 7) is 0. The maximum Gasteiger partial charge on any atom is 0.335 e. The highest BCUT2D eigenvalue weighted by Crippen LogP contribution is 2.36. The predicted octanol–water partition coefficient (Wildman–Crippen LogP) is 5.73. The lowest BCUT2D eigenvalue weighted by molar-refractivity contribution is 0.0686. The normalized spacial score (nSPS) is 12.7. The molecule has 2 heterocycles. The van der Waals surface area contributed by atoms with Crippen molar-refractivity contribution in [2.24, 2.45) is 0 Å². The fourth-order valence-electron chi connectivity index (χ4n) is 4.78. The minimum absolute atomic E-state index is 0.104. The number of aromatic nitrogens is 2. The zero-order valence-corrected chi connectivity index (χ0v) is 18.4. The van der Waals surface area contributed by atoms with E-state index in [1.165, 1.54) is 12.1 Å². The van der Waals surface area contributed by atoms with E-state index in [0.29, 0.717) is 34.2 Å². The number of nitrogens with zero attached hydrogens (tertiary/aromatic N) is 2. The van der Waals surface area contributed by atoms with Gasteiger partial charge < -0.3 is 15.5 Å². The van der Waals surface area contributed by atoms with Crippen LogP contribution >= 0.6 is 0 Å². The quantitative estimate of drug-likeness (QED) is 0.231. The summed E-state index contributed by atoms with van der Waals surface area (Å²) in [5.41, 5.74) is 4.51. The number of carboxylic acids is 2. The molecule has 0 saturated carbocycles. The number of rotatable bonds is 4. The molecule has 7 nitrogen and oxygen atoms in total. The van der Waals surface area contributed by atoms with E-state index >= 15 is 0 Å². The molecule has 1 aliphatic rings. The molecule has 6 rings (SSSR count). The minimum Gasteiger partial charge on any atom is -0.478 e. The Kier molecular flexibility index (Phi) is 4.70. The molecule has 0 saturated heterocycles. The Bertz CT molecular complexity index is 1740. The molecule has 0 radical (unpaired) electrons. The number of pyridine rings is 2. The van der Waals surface area contributed by atoms with Crippen LogP contribution in [0.4, 0.5) is 11.4 Å². The number of carbonyl (C=O) groups is 2. The van der Waals surface area contributed by atoms with E-state index in [9.17, 15) is 19.8 Å². The summed E-state index contributed by atoms with van der Waals surface area (Å²) in [5.74, 6) is -2.11. The zero-order chi connectivity index (χ0) is 24.1. The van der Waals surface area contributed by atoms with Gasteiger partial charge in [-0.15, -0.1) is 0 Å². The lowest BCUT2D eigenvalue weighted by atomic mass is 9.93. The maximum atomic E-state index is 12.0. The predicted molar refractivity (Wildman–Crippen MR) is 135 cm³/mol. The van der Waals surface area contributed by atoms with E-state index in [0.717, 1.165) is 33.7 Å². The van der Waals surface area contributed by atoms with Gasteiger partial charge in [0, 0.05) is 28.6 Å². The van der Waals surface area contributed by atoms with Crippen molar-refractivity contribution in [2.45, 2.75) is 12.8 Å². The summed E-state index contributed by atoms with van der Waals surface area (Å²) in [7, 11) is 0. The highest BCUT2D eigenvalue weighted by molar-refractivity contribution is 6.13. The second kappa shape index (κ2) is 7.92. The molecule has 35 heavy (non-hydrogen) atoms. The van der Waals surface area contributed by atoms with Crippen molar-refractivity contribution >= 4 is 55.9 Å². The molecule has 0 fully saturated rings. The molecule has 0 aliphatic heterocycles. The maximum absolute atomic E-state index is 12.0. The average molecular weight is 461 g/mol. The minimum atomic E-state index is -1.06. The number of allylic oxidation sites excluding steroid dienone is 2. The summed E-state index contributed by atoms with van der Waals surface area (Å²) in [5, 5.41) is 26.1. The smallest absolute Gasteiger partial charge is 0.335 e. The van der Waals surface area contributed by atoms with Gasteiger partial charge in [-0.25, -0.2) is 9.59 Å². The van der Waals surface area contributed by atoms with Crippen molar-refractivity contribution in [1.29, 1.82) is 0 Å². The Morgan fingerprint density at radius 1 is 0.743 bits per heavy atom. The van der Waals surface area contributed by atoms with Crippen LogP contribution in [0.25, 0.3) is 32.6 Å². The van der Waals surface area contributed by atoms with E-state index < -0.39 is 11.9 Å². The highest BCUT2D eigenvalue weighted by Gasteiger charge is 2.18.